The summed E-state index contributed by atoms with van der Waals surface area (Å²) in [6.07, 6.45) is 2.46. The highest BCUT2D eigenvalue weighted by Gasteiger charge is 2.24. The summed E-state index contributed by atoms with van der Waals surface area (Å²) in [5.74, 6) is 0. The van der Waals surface area contributed by atoms with Crippen molar-refractivity contribution in [3.63, 3.8) is 0 Å². The second kappa shape index (κ2) is 7.81. The predicted molar refractivity (Wildman–Crippen MR) is 96.3 cm³/mol. The van der Waals surface area contributed by atoms with Crippen LogP contribution in [0.25, 0.3) is 0 Å². The number of carbonyl (C=O) groups is 1. The average Bonchev–Trinajstić information content (AvgIpc) is 3.21. The number of likely N-dealkylation sites (tertiary alicyclic amines) is 1. The molecule has 0 saturated carbocycles. The molecule has 3 rings (SSSR count). The first-order chi connectivity index (χ1) is 11.2. The number of hydrogen-bond acceptors (Lipinski definition) is 3. The lowest BCUT2D eigenvalue weighted by Gasteiger charge is -2.27. The molecule has 2 heterocycles. The maximum Gasteiger partial charge on any atom is 0.319 e. The number of nitrogens with zero attached hydrogens (tertiary/aromatic N) is 1. The quantitative estimate of drug-likeness (QED) is 0.842. The van der Waals surface area contributed by atoms with Crippen molar-refractivity contribution in [1.82, 2.24) is 10.2 Å². The highest BCUT2D eigenvalue weighted by Crippen LogP contribution is 2.26. The largest absolute Gasteiger partial charge is 0.336 e. The standard InChI is InChI=1S/C17H20ClN3OS/c18-14-4-3-5-15(10-14)20-17(22)19-11-16(13-6-9-23-12-13)21-7-1-2-8-21/h3-6,9-10,12,16H,1-2,7-8,11H2,(H2,19,20,22). The topological polar surface area (TPSA) is 44.4 Å². The highest BCUT2D eigenvalue weighted by atomic mass is 35.5. The van der Waals surface area contributed by atoms with Crippen LogP contribution in [0.15, 0.2) is 41.1 Å². The van der Waals surface area contributed by atoms with Gasteiger partial charge in [-0.3, -0.25) is 4.90 Å². The van der Waals surface area contributed by atoms with Crippen LogP contribution in [0.3, 0.4) is 0 Å². The minimum absolute atomic E-state index is 0.202. The molecule has 1 aliphatic heterocycles. The van der Waals surface area contributed by atoms with E-state index in [0.717, 1.165) is 13.1 Å². The van der Waals surface area contributed by atoms with Crippen LogP contribution in [-0.2, 0) is 0 Å². The van der Waals surface area contributed by atoms with E-state index in [0.29, 0.717) is 17.3 Å². The Labute approximate surface area is 145 Å². The fourth-order valence-electron chi connectivity index (χ4n) is 2.91. The Morgan fingerprint density at radius 2 is 2.13 bits per heavy atom. The van der Waals surface area contributed by atoms with E-state index in [1.165, 1.54) is 18.4 Å². The molecule has 122 valence electrons. The fraction of sp³-hybridized carbons (Fsp3) is 0.353. The molecule has 2 aromatic rings. The van der Waals surface area contributed by atoms with E-state index in [-0.39, 0.29) is 12.1 Å². The molecule has 0 aliphatic carbocycles. The zero-order valence-corrected chi connectivity index (χ0v) is 14.4. The summed E-state index contributed by atoms with van der Waals surface area (Å²) in [5.41, 5.74) is 1.98. The normalized spacial score (nSPS) is 16.2. The monoisotopic (exact) mass is 349 g/mol. The van der Waals surface area contributed by atoms with E-state index in [1.807, 2.05) is 12.1 Å². The molecule has 23 heavy (non-hydrogen) atoms. The van der Waals surface area contributed by atoms with Gasteiger partial charge in [-0.05, 0) is 66.5 Å². The Bertz CT molecular complexity index is 641. The number of carbonyl (C=O) groups excluding carboxylic acids is 1. The Kier molecular flexibility index (Phi) is 5.54. The zero-order valence-electron chi connectivity index (χ0n) is 12.8. The molecule has 2 N–H and O–H groups in total. The molecule has 0 radical (unpaired) electrons. The van der Waals surface area contributed by atoms with E-state index >= 15 is 0 Å². The zero-order chi connectivity index (χ0) is 16.1. The lowest BCUT2D eigenvalue weighted by atomic mass is 10.1. The number of thiophene rings is 1. The predicted octanol–water partition coefficient (Wildman–Crippen LogP) is 4.36. The van der Waals surface area contributed by atoms with Gasteiger partial charge in [0.2, 0.25) is 0 Å². The first-order valence-electron chi connectivity index (χ1n) is 7.79. The van der Waals surface area contributed by atoms with Crippen LogP contribution in [0.5, 0.6) is 0 Å². The molecular weight excluding hydrogens is 330 g/mol. The molecule has 0 bridgehead atoms. The van der Waals surface area contributed by atoms with Gasteiger partial charge in [0.1, 0.15) is 0 Å². The first-order valence-corrected chi connectivity index (χ1v) is 9.11. The van der Waals surface area contributed by atoms with Gasteiger partial charge in [0.05, 0.1) is 6.04 Å². The summed E-state index contributed by atoms with van der Waals surface area (Å²) in [5, 5.41) is 10.7. The van der Waals surface area contributed by atoms with Crippen molar-refractivity contribution < 1.29 is 4.79 Å². The van der Waals surface area contributed by atoms with Gasteiger partial charge in [0.15, 0.2) is 0 Å². The number of rotatable bonds is 5. The minimum Gasteiger partial charge on any atom is -0.336 e. The van der Waals surface area contributed by atoms with Crippen molar-refractivity contribution in [2.75, 3.05) is 25.0 Å². The smallest absolute Gasteiger partial charge is 0.319 e. The molecule has 4 nitrogen and oxygen atoms in total. The first kappa shape index (κ1) is 16.3. The van der Waals surface area contributed by atoms with Gasteiger partial charge in [0.25, 0.3) is 0 Å². The Morgan fingerprint density at radius 3 is 2.83 bits per heavy atom. The van der Waals surface area contributed by atoms with E-state index in [1.54, 1.807) is 23.5 Å². The van der Waals surface area contributed by atoms with Crippen molar-refractivity contribution in [2.24, 2.45) is 0 Å². The molecule has 1 saturated heterocycles. The summed E-state index contributed by atoms with van der Waals surface area (Å²) in [6, 6.07) is 9.34. The third-order valence-corrected chi connectivity index (χ3v) is 4.98. The lowest BCUT2D eigenvalue weighted by Crippen LogP contribution is -2.38. The minimum atomic E-state index is -0.202. The molecule has 6 heteroatoms. The maximum atomic E-state index is 12.1. The number of halogens is 1. The molecule has 1 atom stereocenters. The van der Waals surface area contributed by atoms with Crippen LogP contribution >= 0.6 is 22.9 Å². The summed E-state index contributed by atoms with van der Waals surface area (Å²) in [7, 11) is 0. The lowest BCUT2D eigenvalue weighted by molar-refractivity contribution is 0.228. The molecule has 2 amide bonds. The number of urea groups is 1. The van der Waals surface area contributed by atoms with Gasteiger partial charge in [0, 0.05) is 17.3 Å². The van der Waals surface area contributed by atoms with Crippen molar-refractivity contribution in [1.29, 1.82) is 0 Å². The third-order valence-electron chi connectivity index (χ3n) is 4.05. The summed E-state index contributed by atoms with van der Waals surface area (Å²) >= 11 is 7.63. The molecule has 1 fully saturated rings. The maximum absolute atomic E-state index is 12.1. The summed E-state index contributed by atoms with van der Waals surface area (Å²) < 4.78 is 0. The van der Waals surface area contributed by atoms with Crippen molar-refractivity contribution in [2.45, 2.75) is 18.9 Å². The van der Waals surface area contributed by atoms with Gasteiger partial charge in [-0.25, -0.2) is 4.79 Å². The van der Waals surface area contributed by atoms with Crippen molar-refractivity contribution in [3.8, 4) is 0 Å². The summed E-state index contributed by atoms with van der Waals surface area (Å²) in [4.78, 5) is 14.6. The van der Waals surface area contributed by atoms with Gasteiger partial charge >= 0.3 is 6.03 Å². The van der Waals surface area contributed by atoms with Crippen LogP contribution < -0.4 is 10.6 Å². The van der Waals surface area contributed by atoms with Gasteiger partial charge < -0.3 is 10.6 Å². The molecule has 1 unspecified atom stereocenters. The Morgan fingerprint density at radius 1 is 1.30 bits per heavy atom. The SMILES string of the molecule is O=C(NCC(c1ccsc1)N1CCCC1)Nc1cccc(Cl)c1. The van der Waals surface area contributed by atoms with E-state index in [9.17, 15) is 4.79 Å². The fourth-order valence-corrected chi connectivity index (χ4v) is 3.80. The second-order valence-corrected chi connectivity index (χ2v) is 6.88. The van der Waals surface area contributed by atoms with Crippen LogP contribution in [0.2, 0.25) is 5.02 Å². The molecule has 1 aromatic carbocycles. The molecular formula is C17H20ClN3OS. The van der Waals surface area contributed by atoms with Gasteiger partial charge in [-0.2, -0.15) is 11.3 Å². The average molecular weight is 350 g/mol. The van der Waals surface area contributed by atoms with Gasteiger partial charge in [-0.15, -0.1) is 0 Å². The summed E-state index contributed by atoms with van der Waals surface area (Å²) in [6.45, 7) is 2.79. The molecule has 1 aliphatic rings. The molecule has 1 aromatic heterocycles. The number of hydrogen-bond donors (Lipinski definition) is 2. The van der Waals surface area contributed by atoms with Crippen LogP contribution in [-0.4, -0.2) is 30.6 Å². The van der Waals surface area contributed by atoms with Crippen LogP contribution in [0.1, 0.15) is 24.4 Å². The van der Waals surface area contributed by atoms with Crippen LogP contribution in [0, 0.1) is 0 Å². The third kappa shape index (κ3) is 4.47. The van der Waals surface area contributed by atoms with E-state index < -0.39 is 0 Å². The van der Waals surface area contributed by atoms with Crippen LogP contribution in [0.4, 0.5) is 10.5 Å². The van der Waals surface area contributed by atoms with E-state index in [2.05, 4.69) is 32.4 Å². The second-order valence-electron chi connectivity index (χ2n) is 5.66. The van der Waals surface area contributed by atoms with Crippen molar-refractivity contribution in [3.05, 3.63) is 51.7 Å². The number of benzene rings is 1. The van der Waals surface area contributed by atoms with Gasteiger partial charge in [-0.1, -0.05) is 17.7 Å². The Balaban J connectivity index is 1.59. The van der Waals surface area contributed by atoms with Crippen molar-refractivity contribution >= 4 is 34.7 Å². The Hall–Kier alpha value is -1.56. The number of anilines is 1. The number of nitrogens with one attached hydrogen (secondary N) is 2. The van der Waals surface area contributed by atoms with E-state index in [4.69, 9.17) is 11.6 Å². The highest BCUT2D eigenvalue weighted by molar-refractivity contribution is 7.07. The number of amides is 2. The molecule has 0 spiro atoms.